The van der Waals surface area contributed by atoms with Crippen molar-refractivity contribution in [3.8, 4) is 0 Å². The molecule has 2 heterocycles. The summed E-state index contributed by atoms with van der Waals surface area (Å²) < 4.78 is 6.40. The smallest absolute Gasteiger partial charge is 0.356 e. The standard InChI is InChI=1S/C17H24N4O4/c1-9(17(3,4)24)19-11-7-12-13(20-10(2)22)14(16(23)25-6)21(5)15(12)18-8-11/h7-9,19,24H,1-6H3,(H,20,22). The van der Waals surface area contributed by atoms with E-state index in [2.05, 4.69) is 15.6 Å². The molecule has 0 saturated heterocycles. The fourth-order valence-electron chi connectivity index (χ4n) is 2.45. The Morgan fingerprint density at radius 3 is 2.56 bits per heavy atom. The predicted molar refractivity (Wildman–Crippen MR) is 95.7 cm³/mol. The molecule has 136 valence electrons. The molecule has 0 aliphatic rings. The van der Waals surface area contributed by atoms with Crippen LogP contribution in [0.2, 0.25) is 0 Å². The summed E-state index contributed by atoms with van der Waals surface area (Å²) in [7, 11) is 2.96. The Hall–Kier alpha value is -2.61. The molecule has 1 unspecified atom stereocenters. The van der Waals surface area contributed by atoms with Crippen molar-refractivity contribution in [1.29, 1.82) is 0 Å². The lowest BCUT2D eigenvalue weighted by molar-refractivity contribution is -0.114. The Labute approximate surface area is 146 Å². The molecule has 1 amide bonds. The van der Waals surface area contributed by atoms with Crippen LogP contribution in [-0.2, 0) is 16.6 Å². The normalized spacial score (nSPS) is 12.8. The van der Waals surface area contributed by atoms with Crippen molar-refractivity contribution in [2.45, 2.75) is 39.3 Å². The maximum absolute atomic E-state index is 12.1. The summed E-state index contributed by atoms with van der Waals surface area (Å²) in [6.07, 6.45) is 1.61. The lowest BCUT2D eigenvalue weighted by Crippen LogP contribution is -2.39. The Morgan fingerprint density at radius 2 is 2.04 bits per heavy atom. The number of aliphatic hydroxyl groups is 1. The van der Waals surface area contributed by atoms with Gasteiger partial charge in [-0.3, -0.25) is 4.79 Å². The van der Waals surface area contributed by atoms with Gasteiger partial charge >= 0.3 is 5.97 Å². The molecule has 0 aliphatic carbocycles. The number of nitrogens with one attached hydrogen (secondary N) is 2. The monoisotopic (exact) mass is 348 g/mol. The van der Waals surface area contributed by atoms with Gasteiger partial charge in [-0.15, -0.1) is 0 Å². The first-order valence-corrected chi connectivity index (χ1v) is 7.89. The maximum Gasteiger partial charge on any atom is 0.356 e. The molecule has 2 aromatic heterocycles. The van der Waals surface area contributed by atoms with E-state index in [4.69, 9.17) is 4.74 Å². The molecule has 8 heteroatoms. The summed E-state index contributed by atoms with van der Waals surface area (Å²) >= 11 is 0. The van der Waals surface area contributed by atoms with Crippen molar-refractivity contribution in [2.24, 2.45) is 7.05 Å². The number of fused-ring (bicyclic) bond motifs is 1. The van der Waals surface area contributed by atoms with Crippen LogP contribution in [0.1, 0.15) is 38.2 Å². The zero-order chi connectivity index (χ0) is 18.9. The van der Waals surface area contributed by atoms with Gasteiger partial charge in [0.25, 0.3) is 0 Å². The molecule has 3 N–H and O–H groups in total. The topological polar surface area (TPSA) is 105 Å². The van der Waals surface area contributed by atoms with Crippen molar-refractivity contribution in [2.75, 3.05) is 17.7 Å². The van der Waals surface area contributed by atoms with E-state index in [-0.39, 0.29) is 17.6 Å². The number of amides is 1. The second-order valence-electron chi connectivity index (χ2n) is 6.57. The highest BCUT2D eigenvalue weighted by atomic mass is 16.5. The first kappa shape index (κ1) is 18.7. The summed E-state index contributed by atoms with van der Waals surface area (Å²) in [6, 6.07) is 1.54. The quantitative estimate of drug-likeness (QED) is 0.713. The van der Waals surface area contributed by atoms with E-state index < -0.39 is 11.6 Å². The molecule has 0 bridgehead atoms. The van der Waals surface area contributed by atoms with E-state index in [0.29, 0.717) is 22.4 Å². The number of pyridine rings is 1. The Kier molecular flexibility index (Phi) is 5.03. The van der Waals surface area contributed by atoms with Gasteiger partial charge in [0.15, 0.2) is 5.69 Å². The molecule has 2 aromatic rings. The molecule has 0 saturated carbocycles. The van der Waals surface area contributed by atoms with E-state index in [1.165, 1.54) is 14.0 Å². The number of nitrogens with zero attached hydrogens (tertiary/aromatic N) is 2. The van der Waals surface area contributed by atoms with Gasteiger partial charge in [-0.05, 0) is 26.8 Å². The number of methoxy groups -OCH3 is 1. The molecular formula is C17H24N4O4. The van der Waals surface area contributed by atoms with Crippen LogP contribution >= 0.6 is 0 Å². The molecule has 2 rings (SSSR count). The summed E-state index contributed by atoms with van der Waals surface area (Å²) in [6.45, 7) is 6.63. The Morgan fingerprint density at radius 1 is 1.40 bits per heavy atom. The van der Waals surface area contributed by atoms with Gasteiger partial charge in [0, 0.05) is 19.4 Å². The first-order valence-electron chi connectivity index (χ1n) is 7.89. The van der Waals surface area contributed by atoms with Crippen molar-refractivity contribution >= 4 is 34.3 Å². The van der Waals surface area contributed by atoms with Crippen LogP contribution in [0.25, 0.3) is 11.0 Å². The zero-order valence-corrected chi connectivity index (χ0v) is 15.3. The average molecular weight is 348 g/mol. The van der Waals surface area contributed by atoms with E-state index >= 15 is 0 Å². The molecular weight excluding hydrogens is 324 g/mol. The number of aryl methyl sites for hydroxylation is 1. The summed E-state index contributed by atoms with van der Waals surface area (Å²) in [5, 5.41) is 16.5. The summed E-state index contributed by atoms with van der Waals surface area (Å²) in [5.74, 6) is -0.871. The molecule has 8 nitrogen and oxygen atoms in total. The molecule has 0 aliphatic heterocycles. The lowest BCUT2D eigenvalue weighted by atomic mass is 10.0. The van der Waals surface area contributed by atoms with E-state index in [1.807, 2.05) is 6.92 Å². The van der Waals surface area contributed by atoms with Gasteiger partial charge in [-0.2, -0.15) is 0 Å². The van der Waals surface area contributed by atoms with Gasteiger partial charge < -0.3 is 25.0 Å². The van der Waals surface area contributed by atoms with E-state index in [0.717, 1.165) is 0 Å². The Balaban J connectivity index is 2.59. The predicted octanol–water partition coefficient (Wildman–Crippen LogP) is 1.89. The second-order valence-corrected chi connectivity index (χ2v) is 6.57. The number of anilines is 2. The number of carbonyl (C=O) groups is 2. The van der Waals surface area contributed by atoms with E-state index in [1.54, 1.807) is 37.7 Å². The molecule has 0 spiro atoms. The number of hydrogen-bond acceptors (Lipinski definition) is 6. The zero-order valence-electron chi connectivity index (χ0n) is 15.3. The highest BCUT2D eigenvalue weighted by Crippen LogP contribution is 2.32. The fraction of sp³-hybridized carbons (Fsp3) is 0.471. The molecule has 0 aromatic carbocycles. The third kappa shape index (κ3) is 3.74. The minimum Gasteiger partial charge on any atom is -0.464 e. The molecule has 0 fully saturated rings. The minimum atomic E-state index is -0.927. The maximum atomic E-state index is 12.1. The largest absolute Gasteiger partial charge is 0.464 e. The van der Waals surface area contributed by atoms with Crippen LogP contribution in [0.3, 0.4) is 0 Å². The van der Waals surface area contributed by atoms with Crippen molar-refractivity contribution in [3.05, 3.63) is 18.0 Å². The number of esters is 1. The molecule has 25 heavy (non-hydrogen) atoms. The second kappa shape index (κ2) is 6.72. The summed E-state index contributed by atoms with van der Waals surface area (Å²) in [5.41, 5.74) is 0.835. The van der Waals surface area contributed by atoms with Gasteiger partial charge in [0.1, 0.15) is 5.65 Å². The fourth-order valence-corrected chi connectivity index (χ4v) is 2.45. The first-order chi connectivity index (χ1) is 11.6. The minimum absolute atomic E-state index is 0.216. The van der Waals surface area contributed by atoms with Gasteiger partial charge in [0.05, 0.1) is 36.3 Å². The van der Waals surface area contributed by atoms with Gasteiger partial charge in [0.2, 0.25) is 5.91 Å². The summed E-state index contributed by atoms with van der Waals surface area (Å²) in [4.78, 5) is 28.1. The number of hydrogen-bond donors (Lipinski definition) is 3. The average Bonchev–Trinajstić information content (AvgIpc) is 2.77. The molecule has 1 atom stereocenters. The van der Waals surface area contributed by atoms with Crippen LogP contribution in [0.15, 0.2) is 12.3 Å². The third-order valence-corrected chi connectivity index (χ3v) is 4.15. The Bertz CT molecular complexity index is 820. The third-order valence-electron chi connectivity index (χ3n) is 4.15. The van der Waals surface area contributed by atoms with E-state index in [9.17, 15) is 14.7 Å². The number of aromatic nitrogens is 2. The number of rotatable bonds is 5. The SMILES string of the molecule is COC(=O)c1c(NC(C)=O)c2cc(NC(C)C(C)(C)O)cnc2n1C. The van der Waals surface area contributed by atoms with Crippen LogP contribution in [0, 0.1) is 0 Å². The van der Waals surface area contributed by atoms with Gasteiger partial charge in [-0.25, -0.2) is 9.78 Å². The van der Waals surface area contributed by atoms with Crippen LogP contribution in [0.4, 0.5) is 11.4 Å². The van der Waals surface area contributed by atoms with Crippen LogP contribution < -0.4 is 10.6 Å². The van der Waals surface area contributed by atoms with Crippen molar-refractivity contribution in [1.82, 2.24) is 9.55 Å². The van der Waals surface area contributed by atoms with Crippen molar-refractivity contribution in [3.63, 3.8) is 0 Å². The molecule has 0 radical (unpaired) electrons. The number of carbonyl (C=O) groups excluding carboxylic acids is 2. The van der Waals surface area contributed by atoms with Crippen molar-refractivity contribution < 1.29 is 19.4 Å². The van der Waals surface area contributed by atoms with Gasteiger partial charge in [-0.1, -0.05) is 0 Å². The lowest BCUT2D eigenvalue weighted by Gasteiger charge is -2.27. The highest BCUT2D eigenvalue weighted by molar-refractivity contribution is 6.10. The number of ether oxygens (including phenoxy) is 1. The highest BCUT2D eigenvalue weighted by Gasteiger charge is 2.25. The van der Waals surface area contributed by atoms with Crippen LogP contribution in [0.5, 0.6) is 0 Å². The van der Waals surface area contributed by atoms with Crippen LogP contribution in [-0.4, -0.2) is 45.3 Å².